The minimum absolute atomic E-state index is 0.00999. The molecule has 41 heavy (non-hydrogen) atoms. The molecule has 3 amide bonds. The van der Waals surface area contributed by atoms with E-state index in [1.807, 2.05) is 68.2 Å². The van der Waals surface area contributed by atoms with Gasteiger partial charge in [0.2, 0.25) is 11.8 Å². The van der Waals surface area contributed by atoms with Gasteiger partial charge in [-0.3, -0.25) is 14.4 Å². The first-order chi connectivity index (χ1) is 19.7. The van der Waals surface area contributed by atoms with E-state index in [2.05, 4.69) is 24.8 Å². The highest BCUT2D eigenvalue weighted by Crippen LogP contribution is 2.61. The number of amides is 3. The van der Waals surface area contributed by atoms with Crippen molar-refractivity contribution in [1.29, 1.82) is 0 Å². The van der Waals surface area contributed by atoms with Crippen LogP contribution < -0.4 is 9.80 Å². The summed E-state index contributed by atoms with van der Waals surface area (Å²) in [6.07, 6.45) is 8.99. The molecule has 1 unspecified atom stereocenters. The predicted molar refractivity (Wildman–Crippen MR) is 165 cm³/mol. The number of rotatable bonds is 9. The van der Waals surface area contributed by atoms with E-state index in [0.717, 1.165) is 30.9 Å². The summed E-state index contributed by atoms with van der Waals surface area (Å²) in [5.41, 5.74) is 1.87. The molecule has 0 bridgehead atoms. The molecule has 1 aromatic carbocycles. The zero-order chi connectivity index (χ0) is 29.5. The van der Waals surface area contributed by atoms with Crippen LogP contribution >= 0.6 is 11.8 Å². The number of anilines is 2. The van der Waals surface area contributed by atoms with Gasteiger partial charge in [0, 0.05) is 49.3 Å². The molecule has 4 heterocycles. The molecule has 5 rings (SSSR count). The third-order valence-corrected chi connectivity index (χ3v) is 11.0. The van der Waals surface area contributed by atoms with E-state index >= 15 is 0 Å². The number of aliphatic hydroxyl groups is 1. The lowest BCUT2D eigenvalue weighted by atomic mass is 9.78. The number of hydrogen-bond donors (Lipinski definition) is 1. The lowest BCUT2D eigenvalue weighted by Gasteiger charge is -2.39. The van der Waals surface area contributed by atoms with Crippen LogP contribution in [0.15, 0.2) is 48.6 Å². The second-order valence-electron chi connectivity index (χ2n) is 11.8. The zero-order valence-electron chi connectivity index (χ0n) is 24.9. The smallest absolute Gasteiger partial charge is 0.251 e. The summed E-state index contributed by atoms with van der Waals surface area (Å²) in [7, 11) is 0. The number of fused-ring (bicyclic) bond motifs is 2. The summed E-state index contributed by atoms with van der Waals surface area (Å²) in [5, 5.41) is 10.3. The van der Waals surface area contributed by atoms with Gasteiger partial charge in [0.15, 0.2) is 0 Å². The van der Waals surface area contributed by atoms with Crippen molar-refractivity contribution in [2.24, 2.45) is 17.8 Å². The Morgan fingerprint density at radius 1 is 1.00 bits per heavy atom. The van der Waals surface area contributed by atoms with Crippen molar-refractivity contribution in [3.8, 4) is 0 Å². The topological polar surface area (TPSA) is 84.4 Å². The second kappa shape index (κ2) is 11.8. The van der Waals surface area contributed by atoms with Gasteiger partial charge < -0.3 is 24.7 Å². The third-order valence-electron chi connectivity index (χ3n) is 9.28. The first-order valence-corrected chi connectivity index (χ1v) is 16.0. The van der Waals surface area contributed by atoms with E-state index in [1.54, 1.807) is 21.6 Å². The molecule has 2 saturated heterocycles. The Kier molecular flexibility index (Phi) is 8.58. The zero-order valence-corrected chi connectivity index (χ0v) is 25.7. The minimum atomic E-state index is -0.892. The highest BCUT2D eigenvalue weighted by Gasteiger charge is 2.71. The molecule has 0 saturated carbocycles. The van der Waals surface area contributed by atoms with Gasteiger partial charge in [0.05, 0.1) is 29.2 Å². The number of benzene rings is 1. The number of thioether (sulfide) groups is 1. The van der Waals surface area contributed by atoms with Gasteiger partial charge in [-0.25, -0.2) is 0 Å². The van der Waals surface area contributed by atoms with Crippen molar-refractivity contribution in [3.05, 3.63) is 48.6 Å². The van der Waals surface area contributed by atoms with Crippen LogP contribution in [-0.4, -0.2) is 94.0 Å². The molecule has 9 heteroatoms. The molecule has 4 aliphatic heterocycles. The summed E-state index contributed by atoms with van der Waals surface area (Å²) in [6.45, 7) is 13.3. The lowest BCUT2D eigenvalue weighted by molar-refractivity contribution is -0.145. The number of carbonyl (C=O) groups excluding carboxylic acids is 3. The fourth-order valence-corrected chi connectivity index (χ4v) is 9.23. The van der Waals surface area contributed by atoms with Gasteiger partial charge in [-0.05, 0) is 50.5 Å². The molecule has 1 N–H and O–H groups in total. The summed E-state index contributed by atoms with van der Waals surface area (Å²) in [6, 6.07) is 6.68. The minimum Gasteiger partial charge on any atom is -0.394 e. The predicted octanol–water partition coefficient (Wildman–Crippen LogP) is 3.56. The molecule has 2 fully saturated rings. The number of carbonyl (C=O) groups is 3. The van der Waals surface area contributed by atoms with E-state index in [9.17, 15) is 19.5 Å². The summed E-state index contributed by atoms with van der Waals surface area (Å²) in [5.74, 6) is -1.65. The van der Waals surface area contributed by atoms with Crippen molar-refractivity contribution >= 4 is 40.9 Å². The van der Waals surface area contributed by atoms with Crippen molar-refractivity contribution in [2.75, 3.05) is 49.1 Å². The Morgan fingerprint density at radius 2 is 1.71 bits per heavy atom. The SMILES string of the molecule is CCCN1CC=C[C@H]2S[C@]34C=CCN(c5ccc(N(CC)CC)cc5)C(=O)C3N([C@@H](CO)C(C)C)C(=O)[C@@H]4[C@H]2C1=O. The summed E-state index contributed by atoms with van der Waals surface area (Å²) >= 11 is 1.59. The largest absolute Gasteiger partial charge is 0.394 e. The Labute approximate surface area is 248 Å². The number of hydrogen-bond acceptors (Lipinski definition) is 6. The first kappa shape index (κ1) is 29.7. The molecule has 6 atom stereocenters. The maximum absolute atomic E-state index is 14.7. The Hall–Kier alpha value is -2.78. The van der Waals surface area contributed by atoms with Crippen LogP contribution in [0.25, 0.3) is 0 Å². The van der Waals surface area contributed by atoms with Crippen molar-refractivity contribution in [1.82, 2.24) is 9.80 Å². The molecule has 1 spiro atoms. The normalized spacial score (nSPS) is 29.9. The van der Waals surface area contributed by atoms with Crippen LogP contribution in [0.2, 0.25) is 0 Å². The van der Waals surface area contributed by atoms with Gasteiger partial charge in [-0.15, -0.1) is 11.8 Å². The van der Waals surface area contributed by atoms with E-state index < -0.39 is 28.7 Å². The van der Waals surface area contributed by atoms with Crippen LogP contribution in [0.4, 0.5) is 11.4 Å². The quantitative estimate of drug-likeness (QED) is 0.450. The van der Waals surface area contributed by atoms with Crippen LogP contribution in [0.1, 0.15) is 41.0 Å². The van der Waals surface area contributed by atoms with Gasteiger partial charge in [0.25, 0.3) is 5.91 Å². The van der Waals surface area contributed by atoms with Gasteiger partial charge in [-0.1, -0.05) is 45.1 Å². The van der Waals surface area contributed by atoms with Crippen LogP contribution in [0.5, 0.6) is 0 Å². The molecule has 222 valence electrons. The molecular weight excluding hydrogens is 536 g/mol. The molecule has 0 radical (unpaired) electrons. The molecular formula is C32H44N4O4S. The van der Waals surface area contributed by atoms with E-state index in [4.69, 9.17) is 0 Å². The number of aliphatic hydroxyl groups excluding tert-OH is 1. The van der Waals surface area contributed by atoms with E-state index in [0.29, 0.717) is 19.6 Å². The summed E-state index contributed by atoms with van der Waals surface area (Å²) in [4.78, 5) is 50.7. The molecule has 0 aliphatic carbocycles. The van der Waals surface area contributed by atoms with Crippen LogP contribution in [0.3, 0.4) is 0 Å². The fourth-order valence-electron chi connectivity index (χ4n) is 7.24. The Balaban J connectivity index is 1.59. The van der Waals surface area contributed by atoms with E-state index in [1.165, 1.54) is 0 Å². The van der Waals surface area contributed by atoms with E-state index in [-0.39, 0.29) is 35.5 Å². The highest BCUT2D eigenvalue weighted by atomic mass is 32.2. The maximum Gasteiger partial charge on any atom is 0.251 e. The van der Waals surface area contributed by atoms with Crippen molar-refractivity contribution in [3.63, 3.8) is 0 Å². The monoisotopic (exact) mass is 580 g/mol. The molecule has 0 aromatic heterocycles. The van der Waals surface area contributed by atoms with Crippen LogP contribution in [0, 0.1) is 17.8 Å². The fraction of sp³-hybridized carbons (Fsp3) is 0.594. The van der Waals surface area contributed by atoms with Crippen molar-refractivity contribution < 1.29 is 19.5 Å². The third kappa shape index (κ3) is 4.79. The number of nitrogens with zero attached hydrogens (tertiary/aromatic N) is 4. The average Bonchev–Trinajstić information content (AvgIpc) is 3.28. The second-order valence-corrected chi connectivity index (χ2v) is 13.3. The van der Waals surface area contributed by atoms with Crippen molar-refractivity contribution in [2.45, 2.75) is 63.1 Å². The summed E-state index contributed by atoms with van der Waals surface area (Å²) < 4.78 is -0.892. The first-order valence-electron chi connectivity index (χ1n) is 15.1. The van der Waals surface area contributed by atoms with Gasteiger partial charge in [-0.2, -0.15) is 0 Å². The van der Waals surface area contributed by atoms with Gasteiger partial charge >= 0.3 is 0 Å². The van der Waals surface area contributed by atoms with Gasteiger partial charge in [0.1, 0.15) is 6.04 Å². The average molecular weight is 581 g/mol. The maximum atomic E-state index is 14.7. The molecule has 4 aliphatic rings. The lowest BCUT2D eigenvalue weighted by Crippen LogP contribution is -2.57. The Morgan fingerprint density at radius 3 is 2.32 bits per heavy atom. The number of likely N-dealkylation sites (tertiary alicyclic amines) is 1. The van der Waals surface area contributed by atoms with Crippen LogP contribution in [-0.2, 0) is 14.4 Å². The standard InChI is InChI=1S/C32H44N4O4S/c1-6-17-34-18-9-11-25-26(29(34)38)27-30(39)36(24(20-37)21(4)5)28-31(40)35(19-10-16-32(27,28)41-25)23-14-12-22(13-15-23)33(7-2)8-3/h9-16,21,24-28,37H,6-8,17-20H2,1-5H3/t24-,25+,26-,27-,28?,32-/m0/s1. The Bertz CT molecular complexity index is 1210. The highest BCUT2D eigenvalue weighted by molar-refractivity contribution is 8.02. The molecule has 8 nitrogen and oxygen atoms in total. The molecule has 1 aromatic rings.